The zero-order chi connectivity index (χ0) is 14.4. The molecule has 3 N–H and O–H groups in total. The highest BCUT2D eigenvalue weighted by molar-refractivity contribution is 7.80. The molecule has 106 valence electrons. The molecule has 1 rings (SSSR count). The average molecular weight is 279 g/mol. The molecule has 0 aliphatic heterocycles. The Morgan fingerprint density at radius 3 is 2.26 bits per heavy atom. The first-order valence-electron chi connectivity index (χ1n) is 6.69. The van der Waals surface area contributed by atoms with Gasteiger partial charge in [0, 0.05) is 23.8 Å². The molecule has 0 aromatic heterocycles. The van der Waals surface area contributed by atoms with Gasteiger partial charge < -0.3 is 16.0 Å². The van der Waals surface area contributed by atoms with E-state index < -0.39 is 0 Å². The number of hydrogen-bond acceptors (Lipinski definition) is 3. The second kappa shape index (κ2) is 7.46. The van der Waals surface area contributed by atoms with Crippen molar-refractivity contribution in [3.8, 4) is 0 Å². The summed E-state index contributed by atoms with van der Waals surface area (Å²) in [5, 5.41) is 3.58. The van der Waals surface area contributed by atoms with Crippen LogP contribution in [0.2, 0.25) is 0 Å². The number of likely N-dealkylation sites (N-methyl/N-ethyl adjacent to an activating group) is 1. The third-order valence-electron chi connectivity index (χ3n) is 2.88. The summed E-state index contributed by atoms with van der Waals surface area (Å²) in [6, 6.07) is 8.46. The number of nitrogens with one attached hydrogen (secondary N) is 1. The van der Waals surface area contributed by atoms with Crippen LogP contribution in [-0.4, -0.2) is 36.6 Å². The van der Waals surface area contributed by atoms with Gasteiger partial charge in [-0.25, -0.2) is 0 Å². The van der Waals surface area contributed by atoms with Crippen molar-refractivity contribution >= 4 is 22.9 Å². The number of nitrogens with two attached hydrogens (primary N) is 1. The van der Waals surface area contributed by atoms with Gasteiger partial charge in [-0.2, -0.15) is 0 Å². The first-order chi connectivity index (χ1) is 8.88. The van der Waals surface area contributed by atoms with Gasteiger partial charge >= 0.3 is 0 Å². The van der Waals surface area contributed by atoms with Gasteiger partial charge in [0.05, 0.1) is 0 Å². The molecule has 1 atom stereocenters. The lowest BCUT2D eigenvalue weighted by molar-refractivity contribution is 0.356. The number of anilines is 1. The molecule has 1 unspecified atom stereocenters. The third kappa shape index (κ3) is 6.03. The van der Waals surface area contributed by atoms with Gasteiger partial charge in [-0.05, 0) is 50.7 Å². The van der Waals surface area contributed by atoms with Crippen molar-refractivity contribution in [2.45, 2.75) is 26.3 Å². The number of benzene rings is 1. The van der Waals surface area contributed by atoms with Crippen molar-refractivity contribution in [1.29, 1.82) is 0 Å². The van der Waals surface area contributed by atoms with E-state index in [1.165, 1.54) is 0 Å². The Morgan fingerprint density at radius 2 is 1.84 bits per heavy atom. The predicted octanol–water partition coefficient (Wildman–Crippen LogP) is 2.71. The highest BCUT2D eigenvalue weighted by atomic mass is 32.1. The van der Waals surface area contributed by atoms with Crippen molar-refractivity contribution in [3.05, 3.63) is 29.8 Å². The quantitative estimate of drug-likeness (QED) is 0.753. The molecule has 3 nitrogen and oxygen atoms in total. The van der Waals surface area contributed by atoms with E-state index in [1.54, 1.807) is 0 Å². The molecule has 1 aromatic rings. The molecule has 0 fully saturated rings. The number of rotatable bonds is 7. The summed E-state index contributed by atoms with van der Waals surface area (Å²) in [6.45, 7) is 5.52. The van der Waals surface area contributed by atoms with Crippen LogP contribution in [0.1, 0.15) is 25.8 Å². The summed E-state index contributed by atoms with van der Waals surface area (Å²) < 4.78 is 0. The van der Waals surface area contributed by atoms with Gasteiger partial charge in [0.15, 0.2) is 0 Å². The minimum atomic E-state index is 0.443. The predicted molar refractivity (Wildman–Crippen MR) is 87.7 cm³/mol. The molecule has 0 saturated heterocycles. The van der Waals surface area contributed by atoms with Gasteiger partial charge in [0.2, 0.25) is 0 Å². The van der Waals surface area contributed by atoms with E-state index in [4.69, 9.17) is 18.0 Å². The molecule has 0 saturated carbocycles. The topological polar surface area (TPSA) is 41.3 Å². The van der Waals surface area contributed by atoms with Crippen LogP contribution >= 0.6 is 12.2 Å². The zero-order valence-corrected chi connectivity index (χ0v) is 13.1. The zero-order valence-electron chi connectivity index (χ0n) is 12.3. The van der Waals surface area contributed by atoms with Crippen LogP contribution < -0.4 is 11.1 Å². The van der Waals surface area contributed by atoms with Crippen molar-refractivity contribution in [2.75, 3.05) is 26.0 Å². The number of nitrogens with zero attached hydrogens (tertiary/aromatic N) is 1. The van der Waals surface area contributed by atoms with Gasteiger partial charge in [0.25, 0.3) is 0 Å². The second-order valence-electron chi connectivity index (χ2n) is 5.67. The lowest BCUT2D eigenvalue weighted by atomic mass is 10.0. The van der Waals surface area contributed by atoms with E-state index in [1.807, 2.05) is 24.3 Å². The summed E-state index contributed by atoms with van der Waals surface area (Å²) in [5.74, 6) is 0.674. The molecule has 1 aromatic carbocycles. The highest BCUT2D eigenvalue weighted by Gasteiger charge is 2.12. The lowest BCUT2D eigenvalue weighted by Gasteiger charge is -2.25. The van der Waals surface area contributed by atoms with Crippen molar-refractivity contribution in [1.82, 2.24) is 4.90 Å². The SMILES string of the molecule is CC(C)CC(CN(C)C)Nc1ccc(C(N)=S)cc1. The molecule has 0 aliphatic carbocycles. The monoisotopic (exact) mass is 279 g/mol. The summed E-state index contributed by atoms with van der Waals surface area (Å²) in [4.78, 5) is 2.65. The molecule has 0 heterocycles. The smallest absolute Gasteiger partial charge is 0.103 e. The largest absolute Gasteiger partial charge is 0.389 e. The fourth-order valence-corrected chi connectivity index (χ4v) is 2.29. The summed E-state index contributed by atoms with van der Waals surface area (Å²) in [6.07, 6.45) is 1.15. The molecule has 0 spiro atoms. The van der Waals surface area contributed by atoms with Gasteiger partial charge in [0.1, 0.15) is 4.99 Å². The second-order valence-corrected chi connectivity index (χ2v) is 6.11. The summed E-state index contributed by atoms with van der Waals surface area (Å²) >= 11 is 4.96. The van der Waals surface area contributed by atoms with Crippen LogP contribution in [0.15, 0.2) is 24.3 Å². The Hall–Kier alpha value is -1.13. The van der Waals surface area contributed by atoms with E-state index in [2.05, 4.69) is 38.2 Å². The Labute approximate surface area is 122 Å². The highest BCUT2D eigenvalue weighted by Crippen LogP contribution is 2.15. The van der Waals surface area contributed by atoms with Crippen molar-refractivity contribution in [2.24, 2.45) is 11.7 Å². The third-order valence-corrected chi connectivity index (χ3v) is 3.12. The standard InChI is InChI=1S/C15H25N3S/c1-11(2)9-14(10-18(3)4)17-13-7-5-12(6-8-13)15(16)19/h5-8,11,14,17H,9-10H2,1-4H3,(H2,16,19). The summed E-state index contributed by atoms with van der Waals surface area (Å²) in [7, 11) is 4.20. The van der Waals surface area contributed by atoms with Crippen molar-refractivity contribution < 1.29 is 0 Å². The minimum Gasteiger partial charge on any atom is -0.389 e. The Bertz CT molecular complexity index is 388. The molecule has 0 radical (unpaired) electrons. The molecule has 19 heavy (non-hydrogen) atoms. The molecule has 0 amide bonds. The van der Waals surface area contributed by atoms with Gasteiger partial charge in [-0.3, -0.25) is 0 Å². The minimum absolute atomic E-state index is 0.443. The van der Waals surface area contributed by atoms with E-state index in [9.17, 15) is 0 Å². The average Bonchev–Trinajstić information content (AvgIpc) is 2.27. The van der Waals surface area contributed by atoms with Gasteiger partial charge in [-0.1, -0.05) is 26.1 Å². The van der Waals surface area contributed by atoms with E-state index in [-0.39, 0.29) is 0 Å². The summed E-state index contributed by atoms with van der Waals surface area (Å²) in [5.41, 5.74) is 7.63. The van der Waals surface area contributed by atoms with Gasteiger partial charge in [-0.15, -0.1) is 0 Å². The van der Waals surface area contributed by atoms with E-state index in [0.717, 1.165) is 24.2 Å². The van der Waals surface area contributed by atoms with Crippen LogP contribution in [0.25, 0.3) is 0 Å². The van der Waals surface area contributed by atoms with E-state index >= 15 is 0 Å². The maximum atomic E-state index is 5.60. The molecular weight excluding hydrogens is 254 g/mol. The lowest BCUT2D eigenvalue weighted by Crippen LogP contribution is -2.33. The van der Waals surface area contributed by atoms with E-state index in [0.29, 0.717) is 16.9 Å². The maximum Gasteiger partial charge on any atom is 0.103 e. The fourth-order valence-electron chi connectivity index (χ4n) is 2.16. The molecule has 0 aliphatic rings. The molecule has 4 heteroatoms. The first kappa shape index (κ1) is 15.9. The Balaban J connectivity index is 2.69. The van der Waals surface area contributed by atoms with Crippen LogP contribution in [0.4, 0.5) is 5.69 Å². The molecule has 0 bridgehead atoms. The van der Waals surface area contributed by atoms with Crippen LogP contribution in [0, 0.1) is 5.92 Å². The van der Waals surface area contributed by atoms with Crippen LogP contribution in [0.3, 0.4) is 0 Å². The molecular formula is C15H25N3S. The Morgan fingerprint density at radius 1 is 1.26 bits per heavy atom. The first-order valence-corrected chi connectivity index (χ1v) is 7.10. The number of hydrogen-bond donors (Lipinski definition) is 2. The van der Waals surface area contributed by atoms with Crippen LogP contribution in [0.5, 0.6) is 0 Å². The maximum absolute atomic E-state index is 5.60. The Kier molecular flexibility index (Phi) is 6.25. The fraction of sp³-hybridized carbons (Fsp3) is 0.533. The van der Waals surface area contributed by atoms with Crippen molar-refractivity contribution in [3.63, 3.8) is 0 Å². The number of thiocarbonyl (C=S) groups is 1. The normalized spacial score (nSPS) is 12.7. The van der Waals surface area contributed by atoms with Crippen LogP contribution in [-0.2, 0) is 0 Å².